The summed E-state index contributed by atoms with van der Waals surface area (Å²) in [6.07, 6.45) is 11.7. The summed E-state index contributed by atoms with van der Waals surface area (Å²) in [7, 11) is 0. The summed E-state index contributed by atoms with van der Waals surface area (Å²) in [5, 5.41) is 0. The molecule has 0 radical (unpaired) electrons. The predicted octanol–water partition coefficient (Wildman–Crippen LogP) is 5.25. The van der Waals surface area contributed by atoms with E-state index in [1.54, 1.807) is 0 Å². The van der Waals surface area contributed by atoms with Gasteiger partial charge in [0.05, 0.1) is 6.26 Å². The van der Waals surface area contributed by atoms with Crippen molar-refractivity contribution in [2.75, 3.05) is 0 Å². The Hall–Kier alpha value is -1.24. The Morgan fingerprint density at radius 2 is 1.82 bits per heavy atom. The molecule has 0 spiro atoms. The number of hydrogen-bond donors (Lipinski definition) is 0. The zero-order valence-corrected chi connectivity index (χ0v) is 11.1. The van der Waals surface area contributed by atoms with Gasteiger partial charge >= 0.3 is 0 Å². The topological polar surface area (TPSA) is 9.23 Å². The highest BCUT2D eigenvalue weighted by Crippen LogP contribution is 2.16. The lowest BCUT2D eigenvalue weighted by molar-refractivity contribution is 0.474. The van der Waals surface area contributed by atoms with Crippen molar-refractivity contribution < 1.29 is 4.74 Å². The molecule has 0 bridgehead atoms. The summed E-state index contributed by atoms with van der Waals surface area (Å²) in [5.74, 6) is 0.953. The van der Waals surface area contributed by atoms with Gasteiger partial charge in [0.2, 0.25) is 0 Å². The van der Waals surface area contributed by atoms with Crippen LogP contribution in [0, 0.1) is 6.92 Å². The minimum absolute atomic E-state index is 0.953. The molecule has 0 aliphatic carbocycles. The number of allylic oxidation sites excluding steroid dienone is 1. The Kier molecular flexibility index (Phi) is 7.20. The van der Waals surface area contributed by atoms with Crippen LogP contribution in [0.4, 0.5) is 0 Å². The molecule has 17 heavy (non-hydrogen) atoms. The number of aryl methyl sites for hydroxylation is 1. The van der Waals surface area contributed by atoms with E-state index >= 15 is 0 Å². The van der Waals surface area contributed by atoms with Crippen molar-refractivity contribution in [2.24, 2.45) is 0 Å². The van der Waals surface area contributed by atoms with E-state index in [-0.39, 0.29) is 0 Å². The van der Waals surface area contributed by atoms with E-state index in [0.717, 1.165) is 12.2 Å². The van der Waals surface area contributed by atoms with Crippen LogP contribution in [-0.2, 0) is 0 Å². The van der Waals surface area contributed by atoms with Crippen LogP contribution in [0.25, 0.3) is 0 Å². The average Bonchev–Trinajstić information content (AvgIpc) is 2.35. The average molecular weight is 232 g/mol. The highest BCUT2D eigenvalue weighted by Gasteiger charge is 1.93. The van der Waals surface area contributed by atoms with Crippen molar-refractivity contribution in [1.82, 2.24) is 0 Å². The predicted molar refractivity (Wildman–Crippen MR) is 74.3 cm³/mol. The molecule has 0 atom stereocenters. The Morgan fingerprint density at radius 1 is 1.06 bits per heavy atom. The number of rotatable bonds is 8. The van der Waals surface area contributed by atoms with Crippen LogP contribution in [0.15, 0.2) is 36.6 Å². The van der Waals surface area contributed by atoms with E-state index in [1.807, 2.05) is 24.5 Å². The van der Waals surface area contributed by atoms with Gasteiger partial charge in [0.25, 0.3) is 0 Å². The Morgan fingerprint density at radius 3 is 2.59 bits per heavy atom. The quantitative estimate of drug-likeness (QED) is 0.439. The minimum atomic E-state index is 0.953. The number of unbranched alkanes of at least 4 members (excludes halogenated alkanes) is 5. The van der Waals surface area contributed by atoms with Gasteiger partial charge in [0.1, 0.15) is 5.75 Å². The molecule has 1 rings (SSSR count). The first-order valence-electron chi connectivity index (χ1n) is 6.72. The van der Waals surface area contributed by atoms with E-state index in [1.165, 1.54) is 37.7 Å². The van der Waals surface area contributed by atoms with Gasteiger partial charge in [0.15, 0.2) is 0 Å². The molecule has 0 heterocycles. The number of ether oxygens (including phenoxy) is 1. The van der Waals surface area contributed by atoms with Crippen molar-refractivity contribution in [3.05, 3.63) is 42.2 Å². The molecule has 0 aliphatic heterocycles. The summed E-state index contributed by atoms with van der Waals surface area (Å²) in [6, 6.07) is 8.09. The lowest BCUT2D eigenvalue weighted by Crippen LogP contribution is -1.85. The van der Waals surface area contributed by atoms with Gasteiger partial charge < -0.3 is 4.74 Å². The first kappa shape index (κ1) is 13.8. The first-order valence-corrected chi connectivity index (χ1v) is 6.72. The van der Waals surface area contributed by atoms with E-state index in [0.29, 0.717) is 0 Å². The van der Waals surface area contributed by atoms with Gasteiger partial charge in [-0.15, -0.1) is 0 Å². The highest BCUT2D eigenvalue weighted by molar-refractivity contribution is 5.32. The van der Waals surface area contributed by atoms with Crippen LogP contribution < -0.4 is 4.74 Å². The molecule has 0 aromatic heterocycles. The first-order chi connectivity index (χ1) is 8.34. The lowest BCUT2D eigenvalue weighted by atomic mass is 10.1. The van der Waals surface area contributed by atoms with E-state index < -0.39 is 0 Å². The van der Waals surface area contributed by atoms with Crippen LogP contribution in [0.3, 0.4) is 0 Å². The molecule has 1 nitrogen and oxygen atoms in total. The van der Waals surface area contributed by atoms with Gasteiger partial charge in [0, 0.05) is 0 Å². The Bertz CT molecular complexity index is 328. The summed E-state index contributed by atoms with van der Waals surface area (Å²) in [4.78, 5) is 0. The highest BCUT2D eigenvalue weighted by atomic mass is 16.5. The van der Waals surface area contributed by atoms with Crippen LogP contribution >= 0.6 is 0 Å². The normalized spacial score (nSPS) is 10.9. The van der Waals surface area contributed by atoms with Gasteiger partial charge in [-0.05, 0) is 37.5 Å². The molecule has 0 fully saturated rings. The minimum Gasteiger partial charge on any atom is -0.465 e. The van der Waals surface area contributed by atoms with Crippen LogP contribution in [0.2, 0.25) is 0 Å². The standard InChI is InChI=1S/C16H24O/c1-3-4-5-6-7-8-11-14-17-16-13-10-9-12-15(16)2/h9-14H,3-8H2,1-2H3. The molecule has 0 amide bonds. The van der Waals surface area contributed by atoms with Crippen LogP contribution in [-0.4, -0.2) is 0 Å². The second-order valence-corrected chi connectivity index (χ2v) is 4.46. The summed E-state index contributed by atoms with van der Waals surface area (Å²) in [6.45, 7) is 4.31. The van der Waals surface area contributed by atoms with Gasteiger partial charge in [-0.1, -0.05) is 50.8 Å². The molecular formula is C16H24O. The molecule has 1 heteroatoms. The summed E-state index contributed by atoms with van der Waals surface area (Å²) >= 11 is 0. The SMILES string of the molecule is CCCCCCCC=COc1ccccc1C. The van der Waals surface area contributed by atoms with Crippen molar-refractivity contribution in [3.63, 3.8) is 0 Å². The van der Waals surface area contributed by atoms with Crippen molar-refractivity contribution in [3.8, 4) is 5.75 Å². The molecule has 0 N–H and O–H groups in total. The van der Waals surface area contributed by atoms with Crippen molar-refractivity contribution in [2.45, 2.75) is 52.4 Å². The third kappa shape index (κ3) is 6.15. The van der Waals surface area contributed by atoms with Crippen LogP contribution in [0.1, 0.15) is 51.0 Å². The van der Waals surface area contributed by atoms with E-state index in [2.05, 4.69) is 26.0 Å². The largest absolute Gasteiger partial charge is 0.465 e. The second kappa shape index (κ2) is 8.86. The molecule has 0 unspecified atom stereocenters. The summed E-state index contributed by atoms with van der Waals surface area (Å²) < 4.78 is 5.58. The molecule has 1 aromatic carbocycles. The van der Waals surface area contributed by atoms with Crippen LogP contribution in [0.5, 0.6) is 5.75 Å². The number of benzene rings is 1. The third-order valence-corrected chi connectivity index (χ3v) is 2.86. The van der Waals surface area contributed by atoms with E-state index in [4.69, 9.17) is 4.74 Å². The molecule has 0 saturated carbocycles. The fourth-order valence-electron chi connectivity index (χ4n) is 1.74. The number of para-hydroxylation sites is 1. The van der Waals surface area contributed by atoms with Crippen molar-refractivity contribution >= 4 is 0 Å². The van der Waals surface area contributed by atoms with Gasteiger partial charge in [-0.2, -0.15) is 0 Å². The molecule has 1 aromatic rings. The maximum absolute atomic E-state index is 5.58. The fraction of sp³-hybridized carbons (Fsp3) is 0.500. The third-order valence-electron chi connectivity index (χ3n) is 2.86. The maximum Gasteiger partial charge on any atom is 0.129 e. The Labute approximate surface area is 106 Å². The summed E-state index contributed by atoms with van der Waals surface area (Å²) in [5.41, 5.74) is 1.18. The zero-order valence-electron chi connectivity index (χ0n) is 11.1. The smallest absolute Gasteiger partial charge is 0.129 e. The zero-order chi connectivity index (χ0) is 12.3. The lowest BCUT2D eigenvalue weighted by Gasteiger charge is -2.03. The van der Waals surface area contributed by atoms with Crippen molar-refractivity contribution in [1.29, 1.82) is 0 Å². The second-order valence-electron chi connectivity index (χ2n) is 4.46. The fourth-order valence-corrected chi connectivity index (χ4v) is 1.74. The molecule has 0 saturated heterocycles. The molecule has 0 aliphatic rings. The molecular weight excluding hydrogens is 208 g/mol. The molecule has 94 valence electrons. The maximum atomic E-state index is 5.58. The van der Waals surface area contributed by atoms with E-state index in [9.17, 15) is 0 Å². The van der Waals surface area contributed by atoms with Gasteiger partial charge in [-0.3, -0.25) is 0 Å². The van der Waals surface area contributed by atoms with Gasteiger partial charge in [-0.25, -0.2) is 0 Å². The monoisotopic (exact) mass is 232 g/mol. The Balaban J connectivity index is 2.12. The number of hydrogen-bond acceptors (Lipinski definition) is 1.